The van der Waals surface area contributed by atoms with Crippen molar-refractivity contribution in [3.8, 4) is 0 Å². The molecule has 1 atom stereocenters. The van der Waals surface area contributed by atoms with Crippen molar-refractivity contribution in [1.82, 2.24) is 24.8 Å². The van der Waals surface area contributed by atoms with E-state index in [1.807, 2.05) is 13.8 Å². The van der Waals surface area contributed by atoms with Gasteiger partial charge in [-0.3, -0.25) is 19.1 Å². The summed E-state index contributed by atoms with van der Waals surface area (Å²) in [6.07, 6.45) is 2.78. The molecule has 2 fully saturated rings. The number of hydrogen-bond acceptors (Lipinski definition) is 5. The van der Waals surface area contributed by atoms with Crippen LogP contribution >= 0.6 is 12.4 Å². The van der Waals surface area contributed by atoms with E-state index in [0.29, 0.717) is 36.8 Å². The molecule has 1 unspecified atom stereocenters. The number of aromatic nitrogens is 3. The Kier molecular flexibility index (Phi) is 5.90. The Morgan fingerprint density at radius 1 is 1.32 bits per heavy atom. The third kappa shape index (κ3) is 3.71. The number of H-pyrrole nitrogens is 1. The molecule has 2 N–H and O–H groups in total. The molecule has 9 heteroatoms. The Labute approximate surface area is 168 Å². The van der Waals surface area contributed by atoms with Gasteiger partial charge in [-0.1, -0.05) is 6.92 Å². The molecule has 1 amide bonds. The maximum Gasteiger partial charge on any atom is 0.329 e. The van der Waals surface area contributed by atoms with E-state index in [4.69, 9.17) is 0 Å². The molecule has 0 spiro atoms. The number of amides is 1. The smallest absolute Gasteiger partial charge is 0.329 e. The number of nitrogens with one attached hydrogen (secondary N) is 2. The zero-order valence-corrected chi connectivity index (χ0v) is 17.0. The van der Waals surface area contributed by atoms with E-state index in [1.54, 1.807) is 11.0 Å². The highest BCUT2D eigenvalue weighted by atomic mass is 35.5. The molecule has 1 aliphatic carbocycles. The molecular weight excluding hydrogens is 382 g/mol. The van der Waals surface area contributed by atoms with Crippen LogP contribution in [-0.4, -0.2) is 51.0 Å². The SMILES string of the molecule is CCCn1c(=O)[nH]c(=O)c2c(C(=O)N3CCNC(C)C3)cc(C3CC3)nc21.Cl. The van der Waals surface area contributed by atoms with Crippen molar-refractivity contribution in [2.45, 2.75) is 51.6 Å². The number of pyridine rings is 1. The monoisotopic (exact) mass is 407 g/mol. The quantitative estimate of drug-likeness (QED) is 0.793. The van der Waals surface area contributed by atoms with Crippen molar-refractivity contribution in [2.24, 2.45) is 0 Å². The van der Waals surface area contributed by atoms with Gasteiger partial charge in [0.1, 0.15) is 0 Å². The molecule has 0 radical (unpaired) electrons. The highest BCUT2D eigenvalue weighted by molar-refractivity contribution is 6.05. The van der Waals surface area contributed by atoms with Gasteiger partial charge in [-0.25, -0.2) is 9.78 Å². The minimum absolute atomic E-state index is 0. The number of aromatic amines is 1. The molecule has 0 bridgehead atoms. The van der Waals surface area contributed by atoms with Gasteiger partial charge in [0.05, 0.1) is 10.9 Å². The molecule has 4 rings (SSSR count). The molecular formula is C19H26ClN5O3. The molecule has 8 nitrogen and oxygen atoms in total. The summed E-state index contributed by atoms with van der Waals surface area (Å²) in [5.74, 6) is 0.150. The number of carbonyl (C=O) groups excluding carboxylic acids is 1. The zero-order chi connectivity index (χ0) is 19.1. The minimum atomic E-state index is -0.538. The van der Waals surface area contributed by atoms with Crippen LogP contribution in [0.4, 0.5) is 0 Å². The Balaban J connectivity index is 0.00000225. The molecule has 3 heterocycles. The fourth-order valence-electron chi connectivity index (χ4n) is 3.77. The lowest BCUT2D eigenvalue weighted by Gasteiger charge is -2.32. The van der Waals surface area contributed by atoms with Crippen LogP contribution in [0.3, 0.4) is 0 Å². The van der Waals surface area contributed by atoms with E-state index in [1.165, 1.54) is 4.57 Å². The van der Waals surface area contributed by atoms with E-state index < -0.39 is 11.2 Å². The number of piperazine rings is 1. The standard InChI is InChI=1S/C19H25N5O3.ClH/c1-3-7-24-16-15(17(25)22-19(24)27)13(9-14(21-16)12-4-5-12)18(26)23-8-6-20-11(2)10-23;/h9,11-12,20H,3-8,10H2,1-2H3,(H,22,25,27);1H. The topological polar surface area (TPSA) is 100 Å². The van der Waals surface area contributed by atoms with Crippen LogP contribution in [0.15, 0.2) is 15.7 Å². The van der Waals surface area contributed by atoms with Gasteiger partial charge in [-0.05, 0) is 32.3 Å². The molecule has 1 saturated heterocycles. The van der Waals surface area contributed by atoms with Crippen LogP contribution in [0.25, 0.3) is 11.0 Å². The van der Waals surface area contributed by atoms with Crippen molar-refractivity contribution in [1.29, 1.82) is 0 Å². The molecule has 152 valence electrons. The summed E-state index contributed by atoms with van der Waals surface area (Å²) in [6.45, 7) is 6.35. The first kappa shape index (κ1) is 20.5. The fraction of sp³-hybridized carbons (Fsp3) is 0.579. The average Bonchev–Trinajstić information content (AvgIpc) is 3.48. The second-order valence-corrected chi connectivity index (χ2v) is 7.58. The Morgan fingerprint density at radius 3 is 2.71 bits per heavy atom. The van der Waals surface area contributed by atoms with Gasteiger partial charge in [0, 0.05) is 43.8 Å². The third-order valence-electron chi connectivity index (χ3n) is 5.30. The number of fused-ring (bicyclic) bond motifs is 1. The van der Waals surface area contributed by atoms with Crippen molar-refractivity contribution < 1.29 is 4.79 Å². The summed E-state index contributed by atoms with van der Waals surface area (Å²) in [4.78, 5) is 47.0. The van der Waals surface area contributed by atoms with E-state index in [0.717, 1.165) is 31.5 Å². The lowest BCUT2D eigenvalue weighted by Crippen LogP contribution is -2.51. The van der Waals surface area contributed by atoms with Gasteiger partial charge in [0.2, 0.25) is 0 Å². The fourth-order valence-corrected chi connectivity index (χ4v) is 3.77. The van der Waals surface area contributed by atoms with Crippen LogP contribution < -0.4 is 16.6 Å². The van der Waals surface area contributed by atoms with Crippen molar-refractivity contribution in [2.75, 3.05) is 19.6 Å². The number of halogens is 1. The predicted octanol–water partition coefficient (Wildman–Crippen LogP) is 1.23. The Hall–Kier alpha value is -2.19. The highest BCUT2D eigenvalue weighted by Crippen LogP contribution is 2.40. The lowest BCUT2D eigenvalue weighted by molar-refractivity contribution is 0.0710. The molecule has 0 aromatic carbocycles. The minimum Gasteiger partial charge on any atom is -0.336 e. The first-order valence-electron chi connectivity index (χ1n) is 9.70. The first-order chi connectivity index (χ1) is 13.0. The van der Waals surface area contributed by atoms with Gasteiger partial charge in [0.25, 0.3) is 11.5 Å². The summed E-state index contributed by atoms with van der Waals surface area (Å²) in [7, 11) is 0. The van der Waals surface area contributed by atoms with Gasteiger partial charge < -0.3 is 10.2 Å². The normalized spacial score (nSPS) is 19.5. The average molecular weight is 408 g/mol. The third-order valence-corrected chi connectivity index (χ3v) is 5.30. The van der Waals surface area contributed by atoms with E-state index in [-0.39, 0.29) is 29.7 Å². The first-order valence-corrected chi connectivity index (χ1v) is 9.70. The Bertz CT molecular complexity index is 1010. The number of aryl methyl sites for hydroxylation is 1. The summed E-state index contributed by atoms with van der Waals surface area (Å²) in [5.41, 5.74) is 0.500. The maximum absolute atomic E-state index is 13.3. The zero-order valence-electron chi connectivity index (χ0n) is 16.2. The molecule has 1 saturated carbocycles. The second-order valence-electron chi connectivity index (χ2n) is 7.58. The van der Waals surface area contributed by atoms with Crippen molar-refractivity contribution in [3.05, 3.63) is 38.2 Å². The summed E-state index contributed by atoms with van der Waals surface area (Å²) in [6, 6.07) is 1.97. The molecule has 2 aliphatic rings. The van der Waals surface area contributed by atoms with Crippen molar-refractivity contribution >= 4 is 29.3 Å². The molecule has 2 aromatic rings. The van der Waals surface area contributed by atoms with Crippen LogP contribution in [0.2, 0.25) is 0 Å². The van der Waals surface area contributed by atoms with E-state index >= 15 is 0 Å². The second kappa shape index (κ2) is 8.05. The van der Waals surface area contributed by atoms with Gasteiger partial charge in [-0.2, -0.15) is 0 Å². The van der Waals surface area contributed by atoms with Crippen LogP contribution in [0.5, 0.6) is 0 Å². The number of rotatable bonds is 4. The largest absolute Gasteiger partial charge is 0.336 e. The highest BCUT2D eigenvalue weighted by Gasteiger charge is 2.30. The number of hydrogen-bond donors (Lipinski definition) is 2. The van der Waals surface area contributed by atoms with Crippen LogP contribution in [-0.2, 0) is 6.54 Å². The van der Waals surface area contributed by atoms with Gasteiger partial charge in [-0.15, -0.1) is 12.4 Å². The molecule has 2 aromatic heterocycles. The van der Waals surface area contributed by atoms with Gasteiger partial charge in [0.15, 0.2) is 5.65 Å². The number of nitrogens with zero attached hydrogens (tertiary/aromatic N) is 3. The Morgan fingerprint density at radius 2 is 2.07 bits per heavy atom. The lowest BCUT2D eigenvalue weighted by atomic mass is 10.1. The molecule has 1 aliphatic heterocycles. The summed E-state index contributed by atoms with van der Waals surface area (Å²) >= 11 is 0. The summed E-state index contributed by atoms with van der Waals surface area (Å²) < 4.78 is 1.49. The van der Waals surface area contributed by atoms with E-state index in [2.05, 4.69) is 15.3 Å². The van der Waals surface area contributed by atoms with E-state index in [9.17, 15) is 14.4 Å². The van der Waals surface area contributed by atoms with Crippen LogP contribution in [0, 0.1) is 0 Å². The molecule has 28 heavy (non-hydrogen) atoms. The van der Waals surface area contributed by atoms with Crippen molar-refractivity contribution in [3.63, 3.8) is 0 Å². The summed E-state index contributed by atoms with van der Waals surface area (Å²) in [5, 5.41) is 3.55. The maximum atomic E-state index is 13.3. The van der Waals surface area contributed by atoms with Gasteiger partial charge >= 0.3 is 5.69 Å². The predicted molar refractivity (Wildman–Crippen MR) is 110 cm³/mol. The number of carbonyl (C=O) groups is 1. The van der Waals surface area contributed by atoms with Crippen LogP contribution in [0.1, 0.15) is 55.1 Å².